The number of phosphoric acid groups is 3. The highest BCUT2D eigenvalue weighted by Crippen LogP contribution is 2.56. The second-order valence-electron chi connectivity index (χ2n) is 15.6. The first-order chi connectivity index (χ1) is 29.7. The van der Waals surface area contributed by atoms with E-state index < -0.39 is 84.6 Å². The smallest absolute Gasteiger partial charge is 0.274 e. The number of amides is 2. The van der Waals surface area contributed by atoms with Crippen LogP contribution < -0.4 is 35.9 Å². The number of carbonyl (C=O) groups excluding carboxylic acids is 3. The molecule has 64 heavy (non-hydrogen) atoms. The van der Waals surface area contributed by atoms with Gasteiger partial charge in [0.2, 0.25) is 16.9 Å². The Hall–Kier alpha value is -3.22. The Morgan fingerprint density at radius 2 is 1.62 bits per heavy atom. The van der Waals surface area contributed by atoms with Gasteiger partial charge < -0.3 is 69.0 Å². The van der Waals surface area contributed by atoms with Crippen LogP contribution in [0.1, 0.15) is 79.9 Å². The minimum absolute atomic E-state index is 0.0222. The molecule has 1 saturated heterocycles. The van der Waals surface area contributed by atoms with Crippen molar-refractivity contribution >= 4 is 69.1 Å². The number of hydrogen-bond acceptors (Lipinski definition) is 22. The highest BCUT2D eigenvalue weighted by molar-refractivity contribution is 8.14. The Kier molecular flexibility index (Phi) is 21.1. The van der Waals surface area contributed by atoms with Crippen molar-refractivity contribution in [1.82, 2.24) is 30.2 Å². The molecule has 2 unspecified atom stereocenters. The summed E-state index contributed by atoms with van der Waals surface area (Å²) in [6.07, 6.45) is 1.89. The molecule has 1 aliphatic heterocycles. The van der Waals surface area contributed by atoms with Gasteiger partial charge in [-0.05, 0) is 59.5 Å². The lowest BCUT2D eigenvalue weighted by molar-refractivity contribution is -0.347. The summed E-state index contributed by atoms with van der Waals surface area (Å²) in [6.45, 7) is 8.18. The Morgan fingerprint density at radius 1 is 0.969 bits per heavy atom. The van der Waals surface area contributed by atoms with E-state index in [1.54, 1.807) is 6.08 Å². The van der Waals surface area contributed by atoms with Crippen molar-refractivity contribution < 1.29 is 80.5 Å². The molecule has 0 radical (unpaired) electrons. The first-order valence-corrected chi connectivity index (χ1v) is 25.0. The van der Waals surface area contributed by atoms with Crippen molar-refractivity contribution in [3.05, 3.63) is 47.6 Å². The van der Waals surface area contributed by atoms with Gasteiger partial charge in [0.15, 0.2) is 17.7 Å². The monoisotopic (exact) mass is 981 g/mol. The maximum atomic E-state index is 12.6. The van der Waals surface area contributed by atoms with E-state index in [-0.39, 0.29) is 41.6 Å². The lowest BCUT2D eigenvalue weighted by Gasteiger charge is -2.36. The minimum atomic E-state index is -5.92. The number of rotatable bonds is 26. The molecule has 28 heteroatoms. The van der Waals surface area contributed by atoms with Gasteiger partial charge in [-0.3, -0.25) is 28.1 Å². The average Bonchev–Trinajstić information content (AvgIpc) is 3.74. The fraction of sp³-hybridized carbons (Fsp3) is 0.611. The number of nitrogens with one attached hydrogen (secondary N) is 2. The van der Waals surface area contributed by atoms with E-state index in [0.29, 0.717) is 5.75 Å². The Bertz CT molecular complexity index is 2180. The number of anilines is 1. The number of aromatic nitrogens is 4. The molecule has 24 nitrogen and oxygen atoms in total. The summed E-state index contributed by atoms with van der Waals surface area (Å²) in [6, 6.07) is 0. The lowest BCUT2D eigenvalue weighted by Crippen LogP contribution is -2.46. The van der Waals surface area contributed by atoms with Gasteiger partial charge in [-0.15, -0.1) is 0 Å². The van der Waals surface area contributed by atoms with Crippen LogP contribution in [0.15, 0.2) is 47.6 Å². The fourth-order valence-corrected chi connectivity index (χ4v) is 9.24. The van der Waals surface area contributed by atoms with Gasteiger partial charge in [0.1, 0.15) is 36.3 Å². The number of phosphoric ester groups is 3. The number of allylic oxidation sites excluding steroid dienone is 5. The predicted molar refractivity (Wildman–Crippen MR) is 224 cm³/mol. The van der Waals surface area contributed by atoms with Crippen LogP contribution >= 0.6 is 35.2 Å². The van der Waals surface area contributed by atoms with Crippen LogP contribution in [0.4, 0.5) is 5.82 Å². The number of nitrogens with zero attached hydrogens (tertiary/aromatic N) is 4. The number of fused-ring (bicyclic) bond motifs is 1. The third kappa shape index (κ3) is 18.6. The second-order valence-corrected chi connectivity index (χ2v) is 20.7. The van der Waals surface area contributed by atoms with Gasteiger partial charge in [0.25, 0.3) is 15.6 Å². The first-order valence-electron chi connectivity index (χ1n) is 19.6. The molecule has 0 bridgehead atoms. The van der Waals surface area contributed by atoms with Gasteiger partial charge >= 0.3 is 0 Å². The molecule has 0 aromatic carbocycles. The van der Waals surface area contributed by atoms with Crippen LogP contribution in [0.3, 0.4) is 0 Å². The maximum absolute atomic E-state index is 12.6. The van der Waals surface area contributed by atoms with Crippen LogP contribution in [-0.2, 0) is 50.7 Å². The van der Waals surface area contributed by atoms with E-state index in [9.17, 15) is 57.9 Å². The zero-order valence-electron chi connectivity index (χ0n) is 36.0. The molecular formula is C36H54N7O17P3S-4. The number of aliphatic hydroxyl groups excluding tert-OH is 2. The van der Waals surface area contributed by atoms with Crippen LogP contribution in [0.5, 0.6) is 0 Å². The quantitative estimate of drug-likeness (QED) is 0.0372. The molecular weight excluding hydrogens is 927 g/mol. The normalized spacial score (nSPS) is 20.9. The molecule has 0 aliphatic carbocycles. The standard InChI is InChI=1S/C36H58N7O17P3S/c1-22(2)9-7-10-23(3)11-8-12-24(4)17-27(45)64-16-15-38-26(44)13-14-39-34(48)31(47)36(5,6)19-57-63(54,55)60-62(52,53)56-18-25-30(59-61(49,50)51)29(46)35(58-25)43-21-42-28-32(37)40-20-41-33(28)43/h9,11,17,20-21,25,29-31,35,46-47H,7-8,10,12-16,18-19H2,1-6H3,(H,38,44)(H,39,48)(H,52,53)(H,54,55)(H2,37,40,41)(H2,49,50,51)/p-4/b23-11+,24-17+/t25-,29-,30-,31+,35-/m1/s1. The first kappa shape index (κ1) is 55.1. The molecule has 1 fully saturated rings. The number of carbonyl (C=O) groups is 3. The predicted octanol–water partition coefficient (Wildman–Crippen LogP) is 0.556. The van der Waals surface area contributed by atoms with Crippen LogP contribution in [0, 0.1) is 5.41 Å². The molecule has 1 aliphatic rings. The molecule has 0 spiro atoms. The molecule has 2 aromatic heterocycles. The fourth-order valence-electron chi connectivity index (χ4n) is 5.81. The Morgan fingerprint density at radius 3 is 2.30 bits per heavy atom. The molecule has 2 amide bonds. The third-order valence-electron chi connectivity index (χ3n) is 9.21. The number of ether oxygens (including phenoxy) is 1. The van der Waals surface area contributed by atoms with Crippen molar-refractivity contribution in [2.45, 2.75) is 104 Å². The summed E-state index contributed by atoms with van der Waals surface area (Å²) < 4.78 is 60.7. The summed E-state index contributed by atoms with van der Waals surface area (Å²) in [5.74, 6) is -1.25. The summed E-state index contributed by atoms with van der Waals surface area (Å²) in [7, 11) is -17.6. The minimum Gasteiger partial charge on any atom is -0.790 e. The van der Waals surface area contributed by atoms with Gasteiger partial charge in [-0.25, -0.2) is 19.3 Å². The van der Waals surface area contributed by atoms with Crippen molar-refractivity contribution in [2.24, 2.45) is 5.41 Å². The number of thioether (sulfide) groups is 1. The third-order valence-corrected chi connectivity index (χ3v) is 13.0. The van der Waals surface area contributed by atoms with Crippen molar-refractivity contribution in [2.75, 3.05) is 37.8 Å². The highest BCUT2D eigenvalue weighted by atomic mass is 32.2. The van der Waals surface area contributed by atoms with E-state index in [1.807, 2.05) is 6.92 Å². The molecule has 3 rings (SSSR count). The van der Waals surface area contributed by atoms with E-state index in [0.717, 1.165) is 60.2 Å². The number of hydrogen-bond donors (Lipinski definition) is 5. The van der Waals surface area contributed by atoms with E-state index in [4.69, 9.17) is 10.5 Å². The SMILES string of the molecule is CC(C)=CCC/C(C)=C/CC/C(C)=C/C(=O)SCCNC(=O)CCNC(=O)[C@H](O)C(C)(C)COP(=O)([O-])OP(=O)([O-])OC[C@H]1O[C@@H](n2cnc3c(N)ncnc32)[C@H](O)[C@@H]1OP(=O)([O-])[O-]. The second kappa shape index (κ2) is 24.5. The summed E-state index contributed by atoms with van der Waals surface area (Å²) >= 11 is 1.04. The van der Waals surface area contributed by atoms with Gasteiger partial charge in [-0.2, -0.15) is 0 Å². The van der Waals surface area contributed by atoms with Crippen molar-refractivity contribution in [3.8, 4) is 0 Å². The summed E-state index contributed by atoms with van der Waals surface area (Å²) in [5, 5.41) is 26.2. The summed E-state index contributed by atoms with van der Waals surface area (Å²) in [5.41, 5.74) is 7.60. The van der Waals surface area contributed by atoms with Crippen LogP contribution in [0.25, 0.3) is 11.2 Å². The number of imidazole rings is 1. The van der Waals surface area contributed by atoms with Crippen molar-refractivity contribution in [3.63, 3.8) is 0 Å². The van der Waals surface area contributed by atoms with Gasteiger partial charge in [0.05, 0.1) is 27.4 Å². The Balaban J connectivity index is 1.41. The van der Waals surface area contributed by atoms with Crippen LogP contribution in [0.2, 0.25) is 0 Å². The van der Waals surface area contributed by atoms with Crippen molar-refractivity contribution in [1.29, 1.82) is 0 Å². The maximum Gasteiger partial charge on any atom is 0.274 e. The highest BCUT2D eigenvalue weighted by Gasteiger charge is 2.47. The lowest BCUT2D eigenvalue weighted by atomic mass is 9.87. The molecule has 3 heterocycles. The van der Waals surface area contributed by atoms with E-state index in [1.165, 1.54) is 25.0 Å². The Labute approximate surface area is 373 Å². The zero-order valence-corrected chi connectivity index (χ0v) is 39.5. The summed E-state index contributed by atoms with van der Waals surface area (Å²) in [4.78, 5) is 96.9. The zero-order chi connectivity index (χ0) is 48.0. The molecule has 2 aromatic rings. The number of aliphatic hydroxyl groups is 2. The molecule has 0 saturated carbocycles. The molecule has 6 N–H and O–H groups in total. The number of nitrogen functional groups attached to an aromatic ring is 1. The van der Waals surface area contributed by atoms with Gasteiger partial charge in [-0.1, -0.05) is 54.5 Å². The van der Waals surface area contributed by atoms with Gasteiger partial charge in [0, 0.05) is 30.7 Å². The topological polar surface area (TPSA) is 375 Å². The van der Waals surface area contributed by atoms with Crippen LogP contribution in [-0.4, -0.2) is 103 Å². The number of nitrogens with two attached hydrogens (primary N) is 1. The van der Waals surface area contributed by atoms with E-state index in [2.05, 4.69) is 76.4 Å². The average molecular weight is 982 g/mol. The van der Waals surface area contributed by atoms with E-state index >= 15 is 0 Å². The molecule has 360 valence electrons. The molecule has 7 atom stereocenters. The largest absolute Gasteiger partial charge is 0.790 e.